The lowest BCUT2D eigenvalue weighted by Crippen LogP contribution is -2.60. The summed E-state index contributed by atoms with van der Waals surface area (Å²) in [5.41, 5.74) is 4.40. The molecule has 178 valence electrons. The van der Waals surface area contributed by atoms with Gasteiger partial charge in [0, 0.05) is 45.8 Å². The van der Waals surface area contributed by atoms with E-state index in [1.165, 1.54) is 31.2 Å². The van der Waals surface area contributed by atoms with Gasteiger partial charge in [-0.15, -0.1) is 0 Å². The smallest absolute Gasteiger partial charge is 0.194 e. The molecule has 0 amide bonds. The molecule has 0 saturated heterocycles. The monoisotopic (exact) mass is 465 g/mol. The summed E-state index contributed by atoms with van der Waals surface area (Å²) < 4.78 is 0. The number of nitrogens with one attached hydrogen (secondary N) is 1. The molecule has 0 aromatic heterocycles. The summed E-state index contributed by atoms with van der Waals surface area (Å²) in [6.45, 7) is 0. The van der Waals surface area contributed by atoms with Crippen LogP contribution in [0, 0.1) is 35.5 Å². The van der Waals surface area contributed by atoms with Gasteiger partial charge in [0.1, 0.15) is 5.78 Å². The van der Waals surface area contributed by atoms with Crippen LogP contribution in [0.25, 0.3) is 0 Å². The van der Waals surface area contributed by atoms with E-state index in [9.17, 15) is 14.4 Å². The fourth-order valence-electron chi connectivity index (χ4n) is 9.63. The molecule has 4 saturated carbocycles. The first kappa shape index (κ1) is 20.4. The number of rotatable bonds is 0. The maximum atomic E-state index is 13.7. The van der Waals surface area contributed by atoms with E-state index in [1.807, 2.05) is 24.3 Å². The van der Waals surface area contributed by atoms with Crippen LogP contribution in [0.5, 0.6) is 0 Å². The van der Waals surface area contributed by atoms with Crippen molar-refractivity contribution in [1.29, 1.82) is 0 Å². The minimum atomic E-state index is -0.0458. The zero-order chi connectivity index (χ0) is 23.4. The number of carbonyl (C=O) groups is 3. The highest BCUT2D eigenvalue weighted by Gasteiger charge is 2.59. The zero-order valence-electron chi connectivity index (χ0n) is 20.0. The number of hydrogen-bond acceptors (Lipinski definition) is 4. The molecule has 4 nitrogen and oxygen atoms in total. The van der Waals surface area contributed by atoms with Crippen LogP contribution in [0.4, 0.5) is 5.69 Å². The number of anilines is 1. The summed E-state index contributed by atoms with van der Waals surface area (Å²) in [7, 11) is 0. The molecule has 5 aliphatic carbocycles. The van der Waals surface area contributed by atoms with Gasteiger partial charge in [-0.1, -0.05) is 37.1 Å². The van der Waals surface area contributed by atoms with Crippen molar-refractivity contribution in [2.24, 2.45) is 35.5 Å². The van der Waals surface area contributed by atoms with Crippen molar-refractivity contribution < 1.29 is 14.4 Å². The Balaban J connectivity index is 1.23. The van der Waals surface area contributed by atoms with Gasteiger partial charge < -0.3 is 5.32 Å². The fraction of sp³-hybridized carbons (Fsp3) is 0.516. The van der Waals surface area contributed by atoms with Crippen molar-refractivity contribution in [2.75, 3.05) is 5.32 Å². The molecular weight excluding hydrogens is 434 g/mol. The Morgan fingerprint density at radius 2 is 1.34 bits per heavy atom. The van der Waals surface area contributed by atoms with Crippen molar-refractivity contribution in [3.05, 3.63) is 64.2 Å². The molecular formula is C31H31NO3. The standard InChI is InChI=1S/C31H31NO3/c33-29-18-6-2-1-5-15(18)16-11-12-25-28-17(9-10-21(29)27(16)28)22-13-23-24(14-26(22)32-25)31(35)20-8-4-3-7-19(20)30(23)34/h3-4,7-8,13-18,21,25,27-28,32H,1-2,5-6,9-12H2. The maximum Gasteiger partial charge on any atom is 0.194 e. The molecule has 0 bridgehead atoms. The van der Waals surface area contributed by atoms with Crippen LogP contribution in [0.1, 0.15) is 94.7 Å². The molecule has 2 aromatic carbocycles. The third-order valence-corrected chi connectivity index (χ3v) is 10.9. The molecule has 4 heteroatoms. The number of fused-ring (bicyclic) bond motifs is 6. The van der Waals surface area contributed by atoms with E-state index in [1.54, 1.807) is 12.1 Å². The molecule has 6 aliphatic rings. The van der Waals surface area contributed by atoms with Gasteiger partial charge in [0.15, 0.2) is 11.6 Å². The summed E-state index contributed by atoms with van der Waals surface area (Å²) in [4.78, 5) is 40.4. The lowest BCUT2D eigenvalue weighted by Gasteiger charge is -2.61. The van der Waals surface area contributed by atoms with Crippen LogP contribution < -0.4 is 5.32 Å². The van der Waals surface area contributed by atoms with Gasteiger partial charge in [-0.3, -0.25) is 14.4 Å². The molecule has 0 spiro atoms. The Morgan fingerprint density at radius 1 is 0.629 bits per heavy atom. The third kappa shape index (κ3) is 2.61. The van der Waals surface area contributed by atoms with E-state index < -0.39 is 0 Å². The average Bonchev–Trinajstić information content (AvgIpc) is 2.90. The molecule has 1 aliphatic heterocycles. The summed E-state index contributed by atoms with van der Waals surface area (Å²) in [5.74, 6) is 3.66. The number of carbonyl (C=O) groups excluding carboxylic acids is 3. The van der Waals surface area contributed by atoms with Crippen LogP contribution in [-0.2, 0) is 4.79 Å². The van der Waals surface area contributed by atoms with Gasteiger partial charge in [0.2, 0.25) is 0 Å². The highest BCUT2D eigenvalue weighted by Crippen LogP contribution is 2.63. The third-order valence-electron chi connectivity index (χ3n) is 10.9. The van der Waals surface area contributed by atoms with Gasteiger partial charge in [0.25, 0.3) is 0 Å². The van der Waals surface area contributed by atoms with Gasteiger partial charge in [-0.05, 0) is 85.8 Å². The van der Waals surface area contributed by atoms with Gasteiger partial charge >= 0.3 is 0 Å². The van der Waals surface area contributed by atoms with E-state index in [2.05, 4.69) is 5.32 Å². The first-order chi connectivity index (χ1) is 17.1. The summed E-state index contributed by atoms with van der Waals surface area (Å²) in [6.07, 6.45) is 9.24. The predicted octanol–water partition coefficient (Wildman–Crippen LogP) is 5.78. The van der Waals surface area contributed by atoms with E-state index >= 15 is 0 Å². The number of ketones is 3. The first-order valence-electron chi connectivity index (χ1n) is 13.8. The second-order valence-corrected chi connectivity index (χ2v) is 12.1. The van der Waals surface area contributed by atoms with Crippen molar-refractivity contribution >= 4 is 23.0 Å². The Labute approximate surface area is 205 Å². The molecule has 1 heterocycles. The number of benzene rings is 2. The highest BCUT2D eigenvalue weighted by atomic mass is 16.1. The lowest BCUT2D eigenvalue weighted by molar-refractivity contribution is -0.150. The van der Waals surface area contributed by atoms with Crippen molar-refractivity contribution in [2.45, 2.75) is 63.3 Å². The molecule has 8 rings (SSSR count). The minimum Gasteiger partial charge on any atom is -0.382 e. The van der Waals surface area contributed by atoms with Gasteiger partial charge in [0.05, 0.1) is 0 Å². The Bertz CT molecular complexity index is 1310. The largest absolute Gasteiger partial charge is 0.382 e. The molecule has 8 unspecified atom stereocenters. The topological polar surface area (TPSA) is 63.2 Å². The average molecular weight is 466 g/mol. The van der Waals surface area contributed by atoms with E-state index in [-0.39, 0.29) is 17.5 Å². The van der Waals surface area contributed by atoms with Gasteiger partial charge in [-0.25, -0.2) is 0 Å². The SMILES string of the molecule is O=C1c2ccccc2C(=O)c2cc3c(cc21)NC1CCC2C4CCCCC4C(=O)C4CCC3C1C42. The van der Waals surface area contributed by atoms with E-state index in [0.29, 0.717) is 69.6 Å². The molecule has 8 atom stereocenters. The van der Waals surface area contributed by atoms with Crippen LogP contribution in [0.2, 0.25) is 0 Å². The molecule has 4 fully saturated rings. The lowest BCUT2D eigenvalue weighted by atomic mass is 9.45. The van der Waals surface area contributed by atoms with Gasteiger partial charge in [-0.2, -0.15) is 0 Å². The quantitative estimate of drug-likeness (QED) is 0.457. The molecule has 35 heavy (non-hydrogen) atoms. The highest BCUT2D eigenvalue weighted by molar-refractivity contribution is 6.28. The summed E-state index contributed by atoms with van der Waals surface area (Å²) >= 11 is 0. The minimum absolute atomic E-state index is 0.0341. The zero-order valence-corrected chi connectivity index (χ0v) is 20.0. The van der Waals surface area contributed by atoms with E-state index in [4.69, 9.17) is 0 Å². The van der Waals surface area contributed by atoms with Crippen LogP contribution in [0.3, 0.4) is 0 Å². The van der Waals surface area contributed by atoms with Crippen LogP contribution in [-0.4, -0.2) is 23.4 Å². The number of hydrogen-bond donors (Lipinski definition) is 1. The first-order valence-corrected chi connectivity index (χ1v) is 13.8. The normalized spacial score (nSPS) is 38.3. The predicted molar refractivity (Wildman–Crippen MR) is 133 cm³/mol. The van der Waals surface area contributed by atoms with Crippen LogP contribution >= 0.6 is 0 Å². The second kappa shape index (κ2) is 7.15. The Kier molecular flexibility index (Phi) is 4.18. The summed E-state index contributed by atoms with van der Waals surface area (Å²) in [5, 5.41) is 3.84. The molecule has 2 aromatic rings. The Hall–Kier alpha value is -2.75. The fourth-order valence-corrected chi connectivity index (χ4v) is 9.63. The second-order valence-electron chi connectivity index (χ2n) is 12.1. The number of Topliss-reactive ketones (excluding diaryl/α,β-unsaturated/α-hetero) is 1. The summed E-state index contributed by atoms with van der Waals surface area (Å²) in [6, 6.07) is 11.6. The molecule has 1 N–H and O–H groups in total. The van der Waals surface area contributed by atoms with Crippen LogP contribution in [0.15, 0.2) is 36.4 Å². The Morgan fingerprint density at radius 3 is 2.14 bits per heavy atom. The maximum absolute atomic E-state index is 13.7. The van der Waals surface area contributed by atoms with E-state index in [0.717, 1.165) is 31.4 Å². The van der Waals surface area contributed by atoms with Crippen molar-refractivity contribution in [3.8, 4) is 0 Å². The molecule has 0 radical (unpaired) electrons. The van der Waals surface area contributed by atoms with Crippen molar-refractivity contribution in [3.63, 3.8) is 0 Å². The van der Waals surface area contributed by atoms with Crippen molar-refractivity contribution in [1.82, 2.24) is 0 Å².